The second-order valence-electron chi connectivity index (χ2n) is 9.55. The standard InChI is InChI=1S/C28H30N2O4/c1-28(2,3)34-24(31)15-17-29-19-22(26(32)21-12-8-5-9-13-21)25-23(29)14-16-30(27(25)33)18-20-10-6-4-7-11-20/h4-13,19H,14-18H2,1-3H3. The van der Waals surface area contributed by atoms with Gasteiger partial charge in [-0.05, 0) is 26.3 Å². The molecule has 0 N–H and O–H groups in total. The van der Waals surface area contributed by atoms with Crippen molar-refractivity contribution in [1.82, 2.24) is 9.47 Å². The normalized spacial score (nSPS) is 13.5. The van der Waals surface area contributed by atoms with Gasteiger partial charge in [0.15, 0.2) is 5.78 Å². The van der Waals surface area contributed by atoms with Crippen molar-refractivity contribution in [2.75, 3.05) is 6.54 Å². The summed E-state index contributed by atoms with van der Waals surface area (Å²) in [5.41, 5.74) is 2.64. The molecule has 0 spiro atoms. The number of hydrogen-bond acceptors (Lipinski definition) is 4. The number of amides is 1. The third kappa shape index (κ3) is 5.28. The number of aryl methyl sites for hydroxylation is 1. The molecule has 3 aromatic rings. The lowest BCUT2D eigenvalue weighted by atomic mass is 9.97. The lowest BCUT2D eigenvalue weighted by Crippen LogP contribution is -2.38. The van der Waals surface area contributed by atoms with Gasteiger partial charge in [0.25, 0.3) is 5.91 Å². The minimum atomic E-state index is -0.560. The first-order chi connectivity index (χ1) is 16.2. The van der Waals surface area contributed by atoms with Crippen LogP contribution in [0.2, 0.25) is 0 Å². The van der Waals surface area contributed by atoms with Crippen molar-refractivity contribution in [3.63, 3.8) is 0 Å². The Labute approximate surface area is 200 Å². The molecule has 0 atom stereocenters. The molecule has 1 aliphatic rings. The van der Waals surface area contributed by atoms with E-state index in [1.165, 1.54) is 0 Å². The highest BCUT2D eigenvalue weighted by atomic mass is 16.6. The molecule has 34 heavy (non-hydrogen) atoms. The lowest BCUT2D eigenvalue weighted by molar-refractivity contribution is -0.155. The van der Waals surface area contributed by atoms with Crippen LogP contribution in [0.5, 0.6) is 0 Å². The molecule has 0 fully saturated rings. The van der Waals surface area contributed by atoms with Gasteiger partial charge in [0, 0.05) is 43.5 Å². The maximum absolute atomic E-state index is 13.6. The maximum atomic E-state index is 13.6. The number of carbonyl (C=O) groups is 3. The predicted molar refractivity (Wildman–Crippen MR) is 130 cm³/mol. The minimum absolute atomic E-state index is 0.152. The van der Waals surface area contributed by atoms with Crippen LogP contribution >= 0.6 is 0 Å². The summed E-state index contributed by atoms with van der Waals surface area (Å²) < 4.78 is 7.32. The smallest absolute Gasteiger partial charge is 0.308 e. The second kappa shape index (κ2) is 9.67. The molecule has 0 aliphatic carbocycles. The number of fused-ring (bicyclic) bond motifs is 1. The van der Waals surface area contributed by atoms with Crippen LogP contribution in [0.15, 0.2) is 66.9 Å². The molecule has 1 aromatic heterocycles. The van der Waals surface area contributed by atoms with Crippen molar-refractivity contribution < 1.29 is 19.1 Å². The molecule has 6 nitrogen and oxygen atoms in total. The van der Waals surface area contributed by atoms with Gasteiger partial charge in [0.2, 0.25) is 0 Å². The second-order valence-corrected chi connectivity index (χ2v) is 9.55. The van der Waals surface area contributed by atoms with Gasteiger partial charge in [-0.1, -0.05) is 60.7 Å². The molecule has 0 bridgehead atoms. The van der Waals surface area contributed by atoms with Crippen molar-refractivity contribution >= 4 is 17.7 Å². The molecular formula is C28H30N2O4. The quantitative estimate of drug-likeness (QED) is 0.382. The van der Waals surface area contributed by atoms with Crippen molar-refractivity contribution in [3.05, 3.63) is 94.8 Å². The number of benzene rings is 2. The Bertz CT molecular complexity index is 1190. The Balaban J connectivity index is 1.65. The van der Waals surface area contributed by atoms with Crippen LogP contribution in [0.3, 0.4) is 0 Å². The van der Waals surface area contributed by atoms with Gasteiger partial charge in [-0.15, -0.1) is 0 Å². The van der Waals surface area contributed by atoms with Crippen molar-refractivity contribution in [2.24, 2.45) is 0 Å². The first-order valence-corrected chi connectivity index (χ1v) is 11.6. The number of nitrogens with zero attached hydrogens (tertiary/aromatic N) is 2. The predicted octanol–water partition coefficient (Wildman–Crippen LogP) is 4.65. The van der Waals surface area contributed by atoms with Crippen molar-refractivity contribution in [1.29, 1.82) is 0 Å². The van der Waals surface area contributed by atoms with Gasteiger partial charge in [0.05, 0.1) is 17.5 Å². The fourth-order valence-corrected chi connectivity index (χ4v) is 4.28. The van der Waals surface area contributed by atoms with E-state index in [9.17, 15) is 14.4 Å². The zero-order valence-corrected chi connectivity index (χ0v) is 19.9. The van der Waals surface area contributed by atoms with Gasteiger partial charge < -0.3 is 14.2 Å². The monoisotopic (exact) mass is 458 g/mol. The number of carbonyl (C=O) groups excluding carboxylic acids is 3. The number of rotatable bonds is 7. The summed E-state index contributed by atoms with van der Waals surface area (Å²) in [7, 11) is 0. The van der Waals surface area contributed by atoms with Gasteiger partial charge in [-0.2, -0.15) is 0 Å². The van der Waals surface area contributed by atoms with Gasteiger partial charge in [-0.3, -0.25) is 14.4 Å². The van der Waals surface area contributed by atoms with Gasteiger partial charge >= 0.3 is 5.97 Å². The summed E-state index contributed by atoms with van der Waals surface area (Å²) in [5.74, 6) is -0.651. The summed E-state index contributed by atoms with van der Waals surface area (Å²) >= 11 is 0. The summed E-state index contributed by atoms with van der Waals surface area (Å²) in [5, 5.41) is 0. The Kier molecular flexibility index (Phi) is 6.68. The first-order valence-electron chi connectivity index (χ1n) is 11.6. The van der Waals surface area contributed by atoms with Crippen LogP contribution in [0.25, 0.3) is 0 Å². The molecule has 2 aromatic carbocycles. The van der Waals surface area contributed by atoms with Crippen LogP contribution in [0.1, 0.15) is 64.7 Å². The fraction of sp³-hybridized carbons (Fsp3) is 0.321. The SMILES string of the molecule is CC(C)(C)OC(=O)CCn1cc(C(=O)c2ccccc2)c2c1CCN(Cc1ccccc1)C2=O. The topological polar surface area (TPSA) is 68.6 Å². The summed E-state index contributed by atoms with van der Waals surface area (Å²) in [6.07, 6.45) is 2.51. The number of ether oxygens (including phenoxy) is 1. The molecule has 176 valence electrons. The van der Waals surface area contributed by atoms with E-state index in [1.54, 1.807) is 23.2 Å². The van der Waals surface area contributed by atoms with E-state index >= 15 is 0 Å². The third-order valence-corrected chi connectivity index (χ3v) is 5.78. The Hall–Kier alpha value is -3.67. The molecule has 4 rings (SSSR count). The largest absolute Gasteiger partial charge is 0.460 e. The van der Waals surface area contributed by atoms with Crippen LogP contribution in [0, 0.1) is 0 Å². The number of esters is 1. The highest BCUT2D eigenvalue weighted by Crippen LogP contribution is 2.28. The average molecular weight is 459 g/mol. The van der Waals surface area contributed by atoms with Crippen LogP contribution in [-0.4, -0.2) is 39.3 Å². The van der Waals surface area contributed by atoms with Crippen molar-refractivity contribution in [2.45, 2.75) is 52.3 Å². The molecule has 6 heteroatoms. The number of hydrogen-bond donors (Lipinski definition) is 0. The van der Waals surface area contributed by atoms with E-state index in [2.05, 4.69) is 0 Å². The van der Waals surface area contributed by atoms with Gasteiger partial charge in [-0.25, -0.2) is 0 Å². The van der Waals surface area contributed by atoms with Crippen LogP contribution in [0.4, 0.5) is 0 Å². The lowest BCUT2D eigenvalue weighted by Gasteiger charge is -2.28. The van der Waals surface area contributed by atoms with E-state index in [1.807, 2.05) is 73.9 Å². The van der Waals surface area contributed by atoms with E-state index in [4.69, 9.17) is 4.74 Å². The molecule has 1 aliphatic heterocycles. The van der Waals surface area contributed by atoms with Crippen LogP contribution in [-0.2, 0) is 29.0 Å². The molecule has 0 saturated carbocycles. The van der Waals surface area contributed by atoms with Gasteiger partial charge in [0.1, 0.15) is 5.60 Å². The van der Waals surface area contributed by atoms with E-state index in [-0.39, 0.29) is 24.1 Å². The minimum Gasteiger partial charge on any atom is -0.460 e. The van der Waals surface area contributed by atoms with Crippen LogP contribution < -0.4 is 0 Å². The maximum Gasteiger partial charge on any atom is 0.308 e. The molecule has 0 radical (unpaired) electrons. The average Bonchev–Trinajstić information content (AvgIpc) is 3.18. The highest BCUT2D eigenvalue weighted by Gasteiger charge is 2.33. The summed E-state index contributed by atoms with van der Waals surface area (Å²) in [4.78, 5) is 41.1. The molecule has 2 heterocycles. The molecular weight excluding hydrogens is 428 g/mol. The van der Waals surface area contributed by atoms with E-state index in [0.29, 0.717) is 42.7 Å². The summed E-state index contributed by atoms with van der Waals surface area (Å²) in [6, 6.07) is 18.8. The van der Waals surface area contributed by atoms with E-state index < -0.39 is 5.60 Å². The molecule has 1 amide bonds. The zero-order chi connectivity index (χ0) is 24.3. The Morgan fingerprint density at radius 2 is 1.62 bits per heavy atom. The Morgan fingerprint density at radius 3 is 2.26 bits per heavy atom. The van der Waals surface area contributed by atoms with Crippen molar-refractivity contribution in [3.8, 4) is 0 Å². The third-order valence-electron chi connectivity index (χ3n) is 5.78. The Morgan fingerprint density at radius 1 is 0.971 bits per heavy atom. The first kappa shape index (κ1) is 23.5. The highest BCUT2D eigenvalue weighted by molar-refractivity contribution is 6.16. The number of aromatic nitrogens is 1. The molecule has 0 saturated heterocycles. The van der Waals surface area contributed by atoms with E-state index in [0.717, 1.165) is 11.3 Å². The summed E-state index contributed by atoms with van der Waals surface area (Å²) in [6.45, 7) is 6.89. The zero-order valence-electron chi connectivity index (χ0n) is 19.9. The number of ketones is 1. The molecule has 0 unspecified atom stereocenters. The fourth-order valence-electron chi connectivity index (χ4n) is 4.28.